The molecular formula is C32H25FN6O4. The zero-order chi connectivity index (χ0) is 30.2. The minimum atomic E-state index is -0.510. The summed E-state index contributed by atoms with van der Waals surface area (Å²) in [5.74, 6) is 1.54. The summed E-state index contributed by atoms with van der Waals surface area (Å²) < 4.78 is 32.8. The first-order chi connectivity index (χ1) is 21.0. The summed E-state index contributed by atoms with van der Waals surface area (Å²) in [6.45, 7) is 1.04. The van der Waals surface area contributed by atoms with Gasteiger partial charge in [0.25, 0.3) is 0 Å². The molecule has 0 amide bonds. The number of halogens is 1. The maximum atomic E-state index is 13.4. The monoisotopic (exact) mass is 576 g/mol. The molecule has 1 aromatic heterocycles. The third-order valence-corrected chi connectivity index (χ3v) is 6.38. The summed E-state index contributed by atoms with van der Waals surface area (Å²) in [6.07, 6.45) is 2.88. The van der Waals surface area contributed by atoms with Gasteiger partial charge in [0.15, 0.2) is 0 Å². The van der Waals surface area contributed by atoms with Crippen LogP contribution in [-0.2, 0) is 6.54 Å². The number of nitrogens with zero attached hydrogens (tertiary/aromatic N) is 4. The fourth-order valence-electron chi connectivity index (χ4n) is 4.34. The molecule has 11 heteroatoms. The van der Waals surface area contributed by atoms with Crippen molar-refractivity contribution < 1.29 is 23.7 Å². The number of ether oxygens (including phenoxy) is 3. The highest BCUT2D eigenvalue weighted by atomic mass is 19.1. The lowest BCUT2D eigenvalue weighted by molar-refractivity contribution is 0.293. The molecule has 214 valence electrons. The molecule has 5 aromatic rings. The second kappa shape index (κ2) is 13.2. The average molecular weight is 577 g/mol. The molecule has 0 bridgehead atoms. The van der Waals surface area contributed by atoms with Crippen LogP contribution < -0.4 is 19.5 Å². The van der Waals surface area contributed by atoms with Gasteiger partial charge in [0.05, 0.1) is 36.0 Å². The first-order valence-corrected chi connectivity index (χ1v) is 13.2. The number of aliphatic hydroxyl groups excluding tert-OH is 1. The predicted octanol–water partition coefficient (Wildman–Crippen LogP) is 5.98. The third-order valence-electron chi connectivity index (χ3n) is 6.38. The van der Waals surface area contributed by atoms with E-state index >= 15 is 0 Å². The van der Waals surface area contributed by atoms with Crippen molar-refractivity contribution in [1.29, 1.82) is 15.9 Å². The normalized spacial score (nSPS) is 10.5. The van der Waals surface area contributed by atoms with E-state index in [0.29, 0.717) is 47.3 Å². The summed E-state index contributed by atoms with van der Waals surface area (Å²) in [4.78, 5) is 0. The molecule has 0 spiro atoms. The van der Waals surface area contributed by atoms with E-state index < -0.39 is 5.82 Å². The van der Waals surface area contributed by atoms with Gasteiger partial charge in [0.1, 0.15) is 53.3 Å². The lowest BCUT2D eigenvalue weighted by atomic mass is 10.1. The lowest BCUT2D eigenvalue weighted by Gasteiger charge is -2.13. The molecule has 0 fully saturated rings. The molecule has 4 aromatic carbocycles. The van der Waals surface area contributed by atoms with E-state index in [0.717, 1.165) is 17.0 Å². The minimum absolute atomic E-state index is 0.0316. The summed E-state index contributed by atoms with van der Waals surface area (Å²) in [5.41, 5.74) is 2.51. The molecule has 1 heterocycles. The van der Waals surface area contributed by atoms with Gasteiger partial charge in [-0.1, -0.05) is 0 Å². The van der Waals surface area contributed by atoms with Crippen molar-refractivity contribution in [3.63, 3.8) is 0 Å². The maximum Gasteiger partial charge on any atom is 0.145 e. The molecule has 5 rings (SSSR count). The zero-order valence-electron chi connectivity index (χ0n) is 22.8. The minimum Gasteiger partial charge on any atom is -0.492 e. The van der Waals surface area contributed by atoms with Crippen molar-refractivity contribution in [3.8, 4) is 40.9 Å². The van der Waals surface area contributed by atoms with Crippen LogP contribution in [-0.4, -0.2) is 40.9 Å². The molecule has 0 aliphatic heterocycles. The number of fused-ring (bicyclic) bond motifs is 1. The van der Waals surface area contributed by atoms with Crippen molar-refractivity contribution in [1.82, 2.24) is 9.78 Å². The Morgan fingerprint density at radius 2 is 1.60 bits per heavy atom. The molecule has 0 aliphatic rings. The van der Waals surface area contributed by atoms with E-state index in [-0.39, 0.29) is 30.1 Å². The van der Waals surface area contributed by atoms with Crippen LogP contribution in [0.3, 0.4) is 0 Å². The molecule has 3 N–H and O–H groups in total. The number of aromatic nitrogens is 2. The number of hydrogen-bond acceptors (Lipinski definition) is 9. The molecule has 0 saturated heterocycles. The second-order valence-corrected chi connectivity index (χ2v) is 9.21. The van der Waals surface area contributed by atoms with Crippen LogP contribution in [0.15, 0.2) is 79.0 Å². The van der Waals surface area contributed by atoms with Gasteiger partial charge in [0.2, 0.25) is 0 Å². The maximum absolute atomic E-state index is 13.4. The van der Waals surface area contributed by atoms with Gasteiger partial charge in [-0.25, -0.2) is 4.39 Å². The molecule has 0 unspecified atom stereocenters. The summed E-state index contributed by atoms with van der Waals surface area (Å²) >= 11 is 0. The van der Waals surface area contributed by atoms with Gasteiger partial charge in [-0.3, -0.25) is 4.68 Å². The van der Waals surface area contributed by atoms with Gasteiger partial charge in [-0.05, 0) is 66.7 Å². The van der Waals surface area contributed by atoms with Crippen molar-refractivity contribution in [2.24, 2.45) is 0 Å². The largest absolute Gasteiger partial charge is 0.492 e. The van der Waals surface area contributed by atoms with Crippen LogP contribution in [0.4, 0.5) is 10.1 Å². The highest BCUT2D eigenvalue weighted by Crippen LogP contribution is 2.31. The van der Waals surface area contributed by atoms with Gasteiger partial charge in [-0.2, -0.15) is 15.6 Å². The van der Waals surface area contributed by atoms with Crippen LogP contribution in [0.2, 0.25) is 0 Å². The van der Waals surface area contributed by atoms with Crippen LogP contribution in [0.1, 0.15) is 16.7 Å². The Kier molecular flexibility index (Phi) is 8.76. The fraction of sp³-hybridized carbons (Fsp3) is 0.125. The molecule has 0 atom stereocenters. The van der Waals surface area contributed by atoms with Crippen molar-refractivity contribution in [2.75, 3.05) is 25.1 Å². The Labute approximate surface area is 246 Å². The molecule has 0 saturated carbocycles. The number of hydrogen-bond donors (Lipinski definition) is 3. The Bertz CT molecular complexity index is 1870. The predicted molar refractivity (Wildman–Crippen MR) is 158 cm³/mol. The fourth-order valence-corrected chi connectivity index (χ4v) is 4.34. The summed E-state index contributed by atoms with van der Waals surface area (Å²) in [7, 11) is 0. The molecule has 0 radical (unpaired) electrons. The van der Waals surface area contributed by atoms with E-state index in [1.807, 2.05) is 12.1 Å². The van der Waals surface area contributed by atoms with Gasteiger partial charge in [-0.15, -0.1) is 0 Å². The number of rotatable bonds is 12. The third kappa shape index (κ3) is 6.70. The van der Waals surface area contributed by atoms with E-state index in [1.54, 1.807) is 59.4 Å². The molecule has 0 aliphatic carbocycles. The van der Waals surface area contributed by atoms with Crippen LogP contribution >= 0.6 is 0 Å². The van der Waals surface area contributed by atoms with E-state index in [4.69, 9.17) is 24.7 Å². The summed E-state index contributed by atoms with van der Waals surface area (Å²) in [6, 6.07) is 23.3. The van der Waals surface area contributed by atoms with Crippen molar-refractivity contribution >= 4 is 22.8 Å². The first-order valence-electron chi connectivity index (χ1n) is 13.2. The Hall–Kier alpha value is -5.91. The van der Waals surface area contributed by atoms with Crippen molar-refractivity contribution in [3.05, 3.63) is 102 Å². The van der Waals surface area contributed by atoms with Crippen molar-refractivity contribution in [2.45, 2.75) is 6.54 Å². The number of nitriles is 2. The standard InChI is InChI=1S/C32H25FN6O4/c33-25-1-7-31(22(13-25)18-35)43-28-3-6-30-24(16-28)20-38-39(30)10-12-41-26-4-8-32(23(15-26)19-36)42-27-2-5-29(37-9-11-40)21(14-27)17-34/h1-8,13-17,20,34,37,40H,9-12H2. The van der Waals surface area contributed by atoms with Gasteiger partial charge >= 0.3 is 0 Å². The first kappa shape index (κ1) is 28.6. The SMILES string of the molecule is N#Cc1cc(F)ccc1Oc1ccc2c(cnn2CCOc2ccc(Oc3ccc(NCCO)c(C=N)c3)c(C#N)c2)c1. The lowest BCUT2D eigenvalue weighted by Crippen LogP contribution is -2.09. The van der Waals surface area contributed by atoms with E-state index in [2.05, 4.69) is 16.5 Å². The van der Waals surface area contributed by atoms with E-state index in [1.165, 1.54) is 18.3 Å². The highest BCUT2D eigenvalue weighted by molar-refractivity contribution is 5.86. The van der Waals surface area contributed by atoms with Crippen LogP contribution in [0.5, 0.6) is 28.7 Å². The second-order valence-electron chi connectivity index (χ2n) is 9.21. The Morgan fingerprint density at radius 3 is 2.35 bits per heavy atom. The quantitative estimate of drug-likeness (QED) is 0.154. The van der Waals surface area contributed by atoms with Gasteiger partial charge < -0.3 is 30.0 Å². The highest BCUT2D eigenvalue weighted by Gasteiger charge is 2.11. The molecular weight excluding hydrogens is 551 g/mol. The number of benzene rings is 4. The smallest absolute Gasteiger partial charge is 0.145 e. The van der Waals surface area contributed by atoms with E-state index in [9.17, 15) is 14.9 Å². The topological polar surface area (TPSA) is 149 Å². The Morgan fingerprint density at radius 1 is 0.907 bits per heavy atom. The zero-order valence-corrected chi connectivity index (χ0v) is 22.8. The number of aliphatic hydroxyl groups is 1. The summed E-state index contributed by atoms with van der Waals surface area (Å²) in [5, 5.41) is 43.9. The number of nitrogens with one attached hydrogen (secondary N) is 2. The molecule has 10 nitrogen and oxygen atoms in total. The average Bonchev–Trinajstić information content (AvgIpc) is 3.43. The Balaban J connectivity index is 1.22. The van der Waals surface area contributed by atoms with Crippen LogP contribution in [0.25, 0.3) is 10.9 Å². The molecule has 43 heavy (non-hydrogen) atoms. The number of anilines is 1. The van der Waals surface area contributed by atoms with Crippen LogP contribution in [0, 0.1) is 33.9 Å². The van der Waals surface area contributed by atoms with Gasteiger partial charge in [0, 0.05) is 35.5 Å².